The minimum Gasteiger partial charge on any atom is -0.453 e. The average Bonchev–Trinajstić information content (AvgIpc) is 2.42. The Hall–Kier alpha value is -2.50. The first kappa shape index (κ1) is 12.5. The minimum absolute atomic E-state index is 0.103. The van der Waals surface area contributed by atoms with E-state index < -0.39 is 11.7 Å². The van der Waals surface area contributed by atoms with E-state index >= 15 is 0 Å². The van der Waals surface area contributed by atoms with E-state index in [1.54, 1.807) is 6.07 Å². The Morgan fingerprint density at radius 1 is 1.00 bits per heavy atom. The van der Waals surface area contributed by atoms with E-state index in [9.17, 15) is 18.0 Å². The summed E-state index contributed by atoms with van der Waals surface area (Å²) in [6.07, 6.45) is -3.73. The zero-order valence-corrected chi connectivity index (χ0v) is 9.99. The maximum atomic E-state index is 12.6. The lowest BCUT2D eigenvalue weighted by atomic mass is 10.1. The second-order valence-corrected chi connectivity index (χ2v) is 4.31. The number of anilines is 2. The van der Waals surface area contributed by atoms with Gasteiger partial charge in [0.1, 0.15) is 6.29 Å². The summed E-state index contributed by atoms with van der Waals surface area (Å²) in [6.45, 7) is 0. The Balaban J connectivity index is 2.01. The van der Waals surface area contributed by atoms with Crippen LogP contribution in [0.1, 0.15) is 15.9 Å². The fourth-order valence-electron chi connectivity index (χ4n) is 1.96. The molecule has 0 amide bonds. The molecule has 0 aromatic heterocycles. The Morgan fingerprint density at radius 3 is 2.50 bits per heavy atom. The number of alkyl halides is 3. The average molecular weight is 279 g/mol. The van der Waals surface area contributed by atoms with Crippen LogP contribution in [0.3, 0.4) is 0 Å². The summed E-state index contributed by atoms with van der Waals surface area (Å²) in [5.41, 5.74) is 0.650. The highest BCUT2D eigenvalue weighted by atomic mass is 19.4. The lowest BCUT2D eigenvalue weighted by molar-refractivity contribution is -0.137. The molecule has 3 nitrogen and oxygen atoms in total. The van der Waals surface area contributed by atoms with Crippen LogP contribution in [-0.4, -0.2) is 6.29 Å². The van der Waals surface area contributed by atoms with Crippen molar-refractivity contribution in [1.82, 2.24) is 0 Å². The van der Waals surface area contributed by atoms with E-state index in [1.807, 2.05) is 0 Å². The molecule has 0 saturated carbocycles. The van der Waals surface area contributed by atoms with Gasteiger partial charge in [-0.1, -0.05) is 0 Å². The van der Waals surface area contributed by atoms with E-state index in [0.717, 1.165) is 12.1 Å². The van der Waals surface area contributed by atoms with Crippen molar-refractivity contribution in [2.24, 2.45) is 0 Å². The molecule has 2 aromatic carbocycles. The molecule has 0 bridgehead atoms. The van der Waals surface area contributed by atoms with Crippen LogP contribution in [0.5, 0.6) is 11.5 Å². The second-order valence-electron chi connectivity index (χ2n) is 4.31. The van der Waals surface area contributed by atoms with Crippen LogP contribution in [-0.2, 0) is 6.18 Å². The highest BCUT2D eigenvalue weighted by Crippen LogP contribution is 2.44. The number of hydrogen-bond acceptors (Lipinski definition) is 3. The second kappa shape index (κ2) is 4.26. The molecule has 0 fully saturated rings. The highest BCUT2D eigenvalue weighted by Gasteiger charge is 2.32. The lowest BCUT2D eigenvalue weighted by Gasteiger charge is -2.22. The lowest BCUT2D eigenvalue weighted by Crippen LogP contribution is -2.08. The number of carbonyl (C=O) groups is 1. The first-order valence-electron chi connectivity index (χ1n) is 5.73. The Bertz CT molecular complexity index is 695. The van der Waals surface area contributed by atoms with E-state index in [1.165, 1.54) is 18.2 Å². The van der Waals surface area contributed by atoms with Gasteiger partial charge in [0, 0.05) is 5.56 Å². The summed E-state index contributed by atoms with van der Waals surface area (Å²) >= 11 is 0. The van der Waals surface area contributed by atoms with E-state index in [-0.39, 0.29) is 5.75 Å². The largest absolute Gasteiger partial charge is 0.453 e. The molecule has 6 heteroatoms. The summed E-state index contributed by atoms with van der Waals surface area (Å²) in [6, 6.07) is 7.86. The van der Waals surface area contributed by atoms with Gasteiger partial charge in [0.2, 0.25) is 0 Å². The predicted octanol–water partition coefficient (Wildman–Crippen LogP) is 4.37. The van der Waals surface area contributed by atoms with Crippen molar-refractivity contribution in [2.75, 3.05) is 5.32 Å². The van der Waals surface area contributed by atoms with E-state index in [2.05, 4.69) is 5.32 Å². The number of fused-ring (bicyclic) bond motifs is 2. The molecular formula is C14H8F3NO2. The van der Waals surface area contributed by atoms with Gasteiger partial charge in [-0.25, -0.2) is 0 Å². The van der Waals surface area contributed by atoms with Crippen molar-refractivity contribution in [3.63, 3.8) is 0 Å². The van der Waals surface area contributed by atoms with Gasteiger partial charge in [0.05, 0.1) is 16.9 Å². The standard InChI is InChI=1S/C14H8F3NO2/c15-14(16,17)9-2-3-10-13(6-9)20-12-4-1-8(7-19)5-11(12)18-10/h1-7,18H. The van der Waals surface area contributed by atoms with Gasteiger partial charge in [-0.15, -0.1) is 0 Å². The molecule has 2 aromatic rings. The van der Waals surface area contributed by atoms with Crippen LogP contribution in [0.15, 0.2) is 36.4 Å². The molecule has 0 unspecified atom stereocenters. The first-order valence-corrected chi connectivity index (χ1v) is 5.73. The Kier molecular flexibility index (Phi) is 2.67. The van der Waals surface area contributed by atoms with Gasteiger partial charge in [-0.05, 0) is 36.4 Å². The summed E-state index contributed by atoms with van der Waals surface area (Å²) in [7, 11) is 0. The molecule has 102 valence electrons. The molecule has 1 aliphatic rings. The molecule has 0 atom stereocenters. The van der Waals surface area contributed by atoms with Gasteiger partial charge < -0.3 is 10.1 Å². The zero-order chi connectivity index (χ0) is 14.3. The quantitative estimate of drug-likeness (QED) is 0.672. The molecule has 0 saturated heterocycles. The van der Waals surface area contributed by atoms with Gasteiger partial charge in [0.15, 0.2) is 11.5 Å². The molecule has 20 heavy (non-hydrogen) atoms. The Morgan fingerprint density at radius 2 is 1.80 bits per heavy atom. The van der Waals surface area contributed by atoms with Crippen LogP contribution in [0.25, 0.3) is 0 Å². The van der Waals surface area contributed by atoms with E-state index in [4.69, 9.17) is 4.74 Å². The van der Waals surface area contributed by atoms with Gasteiger partial charge in [-0.3, -0.25) is 4.79 Å². The number of rotatable bonds is 1. The van der Waals surface area contributed by atoms with Crippen molar-refractivity contribution in [3.8, 4) is 11.5 Å². The number of carbonyl (C=O) groups excluding carboxylic acids is 1. The monoisotopic (exact) mass is 279 g/mol. The van der Waals surface area contributed by atoms with Gasteiger partial charge in [-0.2, -0.15) is 13.2 Å². The SMILES string of the molecule is O=Cc1ccc2c(c1)Nc1ccc(C(F)(F)F)cc1O2. The molecule has 0 aliphatic carbocycles. The fraction of sp³-hybridized carbons (Fsp3) is 0.0714. The minimum atomic E-state index is -4.42. The van der Waals surface area contributed by atoms with Crippen LogP contribution in [0.2, 0.25) is 0 Å². The highest BCUT2D eigenvalue weighted by molar-refractivity contribution is 5.82. The predicted molar refractivity (Wildman–Crippen MR) is 66.6 cm³/mol. The molecule has 1 heterocycles. The van der Waals surface area contributed by atoms with Crippen molar-refractivity contribution in [3.05, 3.63) is 47.5 Å². The molecular weight excluding hydrogens is 271 g/mol. The maximum Gasteiger partial charge on any atom is 0.416 e. The number of ether oxygens (including phenoxy) is 1. The van der Waals surface area contributed by atoms with Crippen molar-refractivity contribution >= 4 is 17.7 Å². The molecule has 0 spiro atoms. The van der Waals surface area contributed by atoms with Crippen LogP contribution in [0, 0.1) is 0 Å². The number of nitrogens with one attached hydrogen (secondary N) is 1. The van der Waals surface area contributed by atoms with Gasteiger partial charge >= 0.3 is 6.18 Å². The summed E-state index contributed by atoms with van der Waals surface area (Å²) < 4.78 is 43.3. The zero-order valence-electron chi connectivity index (χ0n) is 9.99. The topological polar surface area (TPSA) is 38.3 Å². The molecule has 1 aliphatic heterocycles. The maximum absolute atomic E-state index is 12.6. The smallest absolute Gasteiger partial charge is 0.416 e. The van der Waals surface area contributed by atoms with E-state index in [0.29, 0.717) is 29.0 Å². The fourth-order valence-corrected chi connectivity index (χ4v) is 1.96. The third-order valence-corrected chi connectivity index (χ3v) is 2.94. The molecule has 0 radical (unpaired) electrons. The van der Waals surface area contributed by atoms with Crippen molar-refractivity contribution in [1.29, 1.82) is 0 Å². The summed E-state index contributed by atoms with van der Waals surface area (Å²) in [5, 5.41) is 2.94. The third-order valence-electron chi connectivity index (χ3n) is 2.94. The normalized spacial score (nSPS) is 12.8. The first-order chi connectivity index (χ1) is 9.47. The van der Waals surface area contributed by atoms with Crippen LogP contribution >= 0.6 is 0 Å². The van der Waals surface area contributed by atoms with Crippen molar-refractivity contribution < 1.29 is 22.7 Å². The number of halogens is 3. The summed E-state index contributed by atoms with van der Waals surface area (Å²) in [5.74, 6) is 0.480. The number of hydrogen-bond donors (Lipinski definition) is 1. The molecule has 3 rings (SSSR count). The number of benzene rings is 2. The number of aldehydes is 1. The van der Waals surface area contributed by atoms with Crippen LogP contribution in [0.4, 0.5) is 24.5 Å². The van der Waals surface area contributed by atoms with Crippen molar-refractivity contribution in [2.45, 2.75) is 6.18 Å². The van der Waals surface area contributed by atoms with Gasteiger partial charge in [0.25, 0.3) is 0 Å². The van der Waals surface area contributed by atoms with Crippen LogP contribution < -0.4 is 10.1 Å². The molecule has 1 N–H and O–H groups in total. The third kappa shape index (κ3) is 2.09. The summed E-state index contributed by atoms with van der Waals surface area (Å²) in [4.78, 5) is 10.7. The Labute approximate surface area is 112 Å².